The van der Waals surface area contributed by atoms with Gasteiger partial charge < -0.3 is 14.8 Å². The fraction of sp³-hybridized carbons (Fsp3) is 0.208. The normalized spacial score (nSPS) is 11.1. The minimum Gasteiger partial charge on any atom is -0.349 e. The third-order valence-corrected chi connectivity index (χ3v) is 5.05. The van der Waals surface area contributed by atoms with Gasteiger partial charge in [0.1, 0.15) is 5.82 Å². The molecule has 0 bridgehead atoms. The van der Waals surface area contributed by atoms with Gasteiger partial charge in [-0.2, -0.15) is 5.10 Å². The predicted molar refractivity (Wildman–Crippen MR) is 138 cm³/mol. The first-order valence-corrected chi connectivity index (χ1v) is 10.3. The maximum absolute atomic E-state index is 4.51. The van der Waals surface area contributed by atoms with Gasteiger partial charge >= 0.3 is 0 Å². The second-order valence-electron chi connectivity index (χ2n) is 7.34. The topological polar surface area (TPSA) is 63.3 Å². The van der Waals surface area contributed by atoms with Crippen LogP contribution in [0.15, 0.2) is 90.4 Å². The summed E-state index contributed by atoms with van der Waals surface area (Å²) in [6, 6.07) is 20.5. The van der Waals surface area contributed by atoms with Crippen LogP contribution in [0.4, 0.5) is 0 Å². The van der Waals surface area contributed by atoms with Crippen molar-refractivity contribution in [2.75, 3.05) is 14.1 Å². The molecule has 32 heavy (non-hydrogen) atoms. The van der Waals surface area contributed by atoms with Crippen molar-refractivity contribution < 1.29 is 0 Å². The van der Waals surface area contributed by atoms with E-state index in [1.807, 2.05) is 72.9 Å². The third-order valence-electron chi connectivity index (χ3n) is 5.05. The van der Waals surface area contributed by atoms with Crippen molar-refractivity contribution in [3.63, 3.8) is 0 Å². The molecule has 0 fully saturated rings. The molecule has 0 aliphatic heterocycles. The standard InChI is InChI=1S/C24H27N7.HI/c1-25-24(27-16-23-26-13-14-30(23)18-20-9-5-3-6-10-20)29(2)17-21-15-28-31(19-21)22-11-7-4-8-12-22;/h3-15,19H,16-18H2,1-2H3,(H,25,27);1H. The lowest BCUT2D eigenvalue weighted by molar-refractivity contribution is 0.474. The number of halogens is 1. The van der Waals surface area contributed by atoms with E-state index in [0.29, 0.717) is 13.1 Å². The van der Waals surface area contributed by atoms with Gasteiger partial charge in [0.2, 0.25) is 0 Å². The van der Waals surface area contributed by atoms with Crippen LogP contribution in [-0.4, -0.2) is 44.3 Å². The summed E-state index contributed by atoms with van der Waals surface area (Å²) in [5, 5.41) is 7.90. The van der Waals surface area contributed by atoms with Crippen LogP contribution in [0.5, 0.6) is 0 Å². The lowest BCUT2D eigenvalue weighted by atomic mass is 10.2. The highest BCUT2D eigenvalue weighted by molar-refractivity contribution is 14.0. The molecule has 2 heterocycles. The zero-order valence-corrected chi connectivity index (χ0v) is 20.6. The number of aliphatic imine (C=N–C) groups is 1. The number of guanidine groups is 1. The molecule has 0 spiro atoms. The van der Waals surface area contributed by atoms with Gasteiger partial charge in [-0.3, -0.25) is 4.99 Å². The monoisotopic (exact) mass is 541 g/mol. The first kappa shape index (κ1) is 23.5. The van der Waals surface area contributed by atoms with Crippen molar-refractivity contribution in [2.24, 2.45) is 4.99 Å². The van der Waals surface area contributed by atoms with Crippen molar-refractivity contribution in [2.45, 2.75) is 19.6 Å². The highest BCUT2D eigenvalue weighted by atomic mass is 127. The van der Waals surface area contributed by atoms with Crippen LogP contribution in [0.25, 0.3) is 5.69 Å². The number of para-hydroxylation sites is 1. The Hall–Kier alpha value is -3.14. The van der Waals surface area contributed by atoms with Gasteiger partial charge in [0.25, 0.3) is 0 Å². The fourth-order valence-corrected chi connectivity index (χ4v) is 3.49. The number of hydrogen-bond acceptors (Lipinski definition) is 3. The second kappa shape index (κ2) is 11.5. The molecule has 4 rings (SSSR count). The average molecular weight is 541 g/mol. The summed E-state index contributed by atoms with van der Waals surface area (Å²) in [7, 11) is 3.81. The predicted octanol–water partition coefficient (Wildman–Crippen LogP) is 3.94. The zero-order chi connectivity index (χ0) is 21.5. The van der Waals surface area contributed by atoms with Crippen LogP contribution in [-0.2, 0) is 19.6 Å². The number of rotatable bonds is 7. The summed E-state index contributed by atoms with van der Waals surface area (Å²) in [6.45, 7) is 2.09. The van der Waals surface area contributed by atoms with Crippen molar-refractivity contribution in [3.05, 3.63) is 102 Å². The molecule has 4 aromatic rings. The van der Waals surface area contributed by atoms with Gasteiger partial charge in [0.05, 0.1) is 18.4 Å². The second-order valence-corrected chi connectivity index (χ2v) is 7.34. The maximum Gasteiger partial charge on any atom is 0.194 e. The molecular formula is C24H28IN7. The number of hydrogen-bond donors (Lipinski definition) is 1. The Balaban J connectivity index is 0.00000289. The summed E-state index contributed by atoms with van der Waals surface area (Å²) >= 11 is 0. The molecule has 8 heteroatoms. The molecule has 0 radical (unpaired) electrons. The summed E-state index contributed by atoms with van der Waals surface area (Å²) in [5.74, 6) is 1.78. The highest BCUT2D eigenvalue weighted by Crippen LogP contribution is 2.10. The summed E-state index contributed by atoms with van der Waals surface area (Å²) in [5.41, 5.74) is 3.41. The van der Waals surface area contributed by atoms with Crippen LogP contribution in [0.1, 0.15) is 17.0 Å². The van der Waals surface area contributed by atoms with E-state index in [0.717, 1.165) is 29.6 Å². The zero-order valence-electron chi connectivity index (χ0n) is 18.3. The Morgan fingerprint density at radius 1 is 1.03 bits per heavy atom. The van der Waals surface area contributed by atoms with Gasteiger partial charge in [-0.25, -0.2) is 9.67 Å². The summed E-state index contributed by atoms with van der Waals surface area (Å²) in [4.78, 5) is 11.0. The quantitative estimate of drug-likeness (QED) is 0.219. The molecule has 1 N–H and O–H groups in total. The first-order chi connectivity index (χ1) is 15.2. The molecule has 7 nitrogen and oxygen atoms in total. The lowest BCUT2D eigenvalue weighted by Gasteiger charge is -2.21. The molecule has 0 atom stereocenters. The summed E-state index contributed by atoms with van der Waals surface area (Å²) in [6.07, 6.45) is 7.79. The van der Waals surface area contributed by atoms with E-state index in [1.165, 1.54) is 5.56 Å². The van der Waals surface area contributed by atoms with E-state index < -0.39 is 0 Å². The van der Waals surface area contributed by atoms with Gasteiger partial charge in [0.15, 0.2) is 5.96 Å². The third kappa shape index (κ3) is 5.97. The van der Waals surface area contributed by atoms with Gasteiger partial charge in [-0.05, 0) is 17.7 Å². The molecule has 0 aliphatic carbocycles. The van der Waals surface area contributed by atoms with E-state index in [1.54, 1.807) is 7.05 Å². The molecule has 2 aromatic heterocycles. The Morgan fingerprint density at radius 3 is 2.47 bits per heavy atom. The Labute approximate surface area is 205 Å². The lowest BCUT2D eigenvalue weighted by Crippen LogP contribution is -2.38. The van der Waals surface area contributed by atoms with Crippen LogP contribution in [0.3, 0.4) is 0 Å². The van der Waals surface area contributed by atoms with Crippen molar-refractivity contribution in [1.29, 1.82) is 0 Å². The molecule has 0 aliphatic rings. The molecular weight excluding hydrogens is 513 g/mol. The van der Waals surface area contributed by atoms with E-state index in [4.69, 9.17) is 0 Å². The van der Waals surface area contributed by atoms with E-state index in [-0.39, 0.29) is 24.0 Å². The fourth-order valence-electron chi connectivity index (χ4n) is 3.49. The smallest absolute Gasteiger partial charge is 0.194 e. The van der Waals surface area contributed by atoms with Crippen molar-refractivity contribution in [1.82, 2.24) is 29.5 Å². The van der Waals surface area contributed by atoms with Crippen molar-refractivity contribution in [3.8, 4) is 5.69 Å². The SMILES string of the molecule is CN=C(NCc1nccn1Cc1ccccc1)N(C)Cc1cnn(-c2ccccc2)c1.I. The average Bonchev–Trinajstić information content (AvgIpc) is 3.45. The maximum atomic E-state index is 4.51. The Morgan fingerprint density at radius 2 is 1.75 bits per heavy atom. The minimum atomic E-state index is 0. The molecule has 2 aromatic carbocycles. The highest BCUT2D eigenvalue weighted by Gasteiger charge is 2.11. The number of aromatic nitrogens is 4. The largest absolute Gasteiger partial charge is 0.349 e. The van der Waals surface area contributed by atoms with E-state index >= 15 is 0 Å². The molecule has 0 saturated carbocycles. The van der Waals surface area contributed by atoms with E-state index in [2.05, 4.69) is 54.1 Å². The first-order valence-electron chi connectivity index (χ1n) is 10.3. The number of benzene rings is 2. The Kier molecular flexibility index (Phi) is 8.43. The Bertz CT molecular complexity index is 1120. The van der Waals surface area contributed by atoms with Crippen LogP contribution in [0.2, 0.25) is 0 Å². The van der Waals surface area contributed by atoms with E-state index in [9.17, 15) is 0 Å². The van der Waals surface area contributed by atoms with Crippen LogP contribution in [0, 0.1) is 0 Å². The molecule has 0 saturated heterocycles. The van der Waals surface area contributed by atoms with Crippen LogP contribution < -0.4 is 5.32 Å². The van der Waals surface area contributed by atoms with Gasteiger partial charge in [-0.1, -0.05) is 48.5 Å². The van der Waals surface area contributed by atoms with Crippen LogP contribution >= 0.6 is 24.0 Å². The molecule has 0 unspecified atom stereocenters. The summed E-state index contributed by atoms with van der Waals surface area (Å²) < 4.78 is 4.04. The minimum absolute atomic E-state index is 0. The van der Waals surface area contributed by atoms with Crippen molar-refractivity contribution >= 4 is 29.9 Å². The number of nitrogens with zero attached hydrogens (tertiary/aromatic N) is 6. The van der Waals surface area contributed by atoms with Gasteiger partial charge in [0, 0.05) is 51.3 Å². The molecule has 166 valence electrons. The molecule has 0 amide bonds. The van der Waals surface area contributed by atoms with Gasteiger partial charge in [-0.15, -0.1) is 24.0 Å². The number of imidazole rings is 1. The number of nitrogens with one attached hydrogen (secondary N) is 1.